The molecule has 0 aromatic heterocycles. The number of benzene rings is 1. The van der Waals surface area contributed by atoms with Gasteiger partial charge in [0.05, 0.1) is 0 Å². The van der Waals surface area contributed by atoms with Crippen LogP contribution in [0.4, 0.5) is 0 Å². The van der Waals surface area contributed by atoms with Crippen molar-refractivity contribution in [2.45, 2.75) is 43.3 Å². The van der Waals surface area contributed by atoms with Crippen LogP contribution in [0.1, 0.15) is 44.1 Å². The fourth-order valence-corrected chi connectivity index (χ4v) is 3.80. The summed E-state index contributed by atoms with van der Waals surface area (Å²) in [6, 6.07) is 9.93. The Morgan fingerprint density at radius 3 is 2.55 bits per heavy atom. The molecule has 3 heteroatoms. The van der Waals surface area contributed by atoms with Gasteiger partial charge in [-0.15, -0.1) is 11.8 Å². The van der Waals surface area contributed by atoms with Crippen molar-refractivity contribution in [3.05, 3.63) is 42.0 Å². The second-order valence-corrected chi connectivity index (χ2v) is 6.73. The van der Waals surface area contributed by atoms with Gasteiger partial charge < -0.3 is 5.11 Å². The minimum Gasteiger partial charge on any atom is -0.480 e. The minimum atomic E-state index is -0.750. The molecule has 2 nitrogen and oxygen atoms in total. The van der Waals surface area contributed by atoms with Crippen molar-refractivity contribution in [1.29, 1.82) is 0 Å². The van der Waals surface area contributed by atoms with Crippen molar-refractivity contribution in [2.75, 3.05) is 5.75 Å². The molecule has 1 N–H and O–H groups in total. The summed E-state index contributed by atoms with van der Waals surface area (Å²) in [6.07, 6.45) is 10.3. The Hall–Kier alpha value is -1.22. The zero-order valence-corrected chi connectivity index (χ0v) is 12.6. The third-order valence-corrected chi connectivity index (χ3v) is 5.28. The highest BCUT2D eigenvalue weighted by molar-refractivity contribution is 8.01. The predicted octanol–water partition coefficient (Wildman–Crippen LogP) is 4.61. The van der Waals surface area contributed by atoms with Crippen LogP contribution in [0.3, 0.4) is 0 Å². The van der Waals surface area contributed by atoms with Gasteiger partial charge in [0.25, 0.3) is 0 Å². The number of thioether (sulfide) groups is 1. The average molecular weight is 290 g/mol. The molecule has 1 unspecified atom stereocenters. The molecule has 1 aromatic rings. The molecule has 0 aliphatic carbocycles. The first kappa shape index (κ1) is 15.2. The van der Waals surface area contributed by atoms with Crippen molar-refractivity contribution in [3.63, 3.8) is 0 Å². The zero-order chi connectivity index (χ0) is 14.3. The molecule has 0 radical (unpaired) electrons. The van der Waals surface area contributed by atoms with Crippen molar-refractivity contribution in [3.8, 4) is 0 Å². The number of carbonyl (C=O) groups is 1. The van der Waals surface area contributed by atoms with E-state index in [1.165, 1.54) is 12.8 Å². The minimum absolute atomic E-state index is 0.698. The molecule has 2 rings (SSSR count). The van der Waals surface area contributed by atoms with E-state index in [0.717, 1.165) is 37.0 Å². The second-order valence-electron chi connectivity index (χ2n) is 5.30. The van der Waals surface area contributed by atoms with E-state index in [2.05, 4.69) is 0 Å². The quantitative estimate of drug-likeness (QED) is 0.883. The van der Waals surface area contributed by atoms with E-state index < -0.39 is 10.7 Å². The Morgan fingerprint density at radius 2 is 1.80 bits per heavy atom. The van der Waals surface area contributed by atoms with Crippen LogP contribution in [0.5, 0.6) is 0 Å². The van der Waals surface area contributed by atoms with E-state index >= 15 is 0 Å². The van der Waals surface area contributed by atoms with Crippen LogP contribution in [0.25, 0.3) is 6.08 Å². The summed E-state index contributed by atoms with van der Waals surface area (Å²) in [5.41, 5.74) is 1.06. The van der Waals surface area contributed by atoms with E-state index in [1.54, 1.807) is 11.8 Å². The molecule has 108 valence electrons. The van der Waals surface area contributed by atoms with Crippen molar-refractivity contribution < 1.29 is 9.90 Å². The zero-order valence-electron chi connectivity index (χ0n) is 11.8. The monoisotopic (exact) mass is 290 g/mol. The highest BCUT2D eigenvalue weighted by atomic mass is 32.2. The lowest BCUT2D eigenvalue weighted by Crippen LogP contribution is -2.33. The maximum absolute atomic E-state index is 11.8. The Morgan fingerprint density at radius 1 is 1.10 bits per heavy atom. The molecule has 1 atom stereocenters. The standard InChI is InChI=1S/C17H22O2S/c18-16(19)17(12-7-2-1-3-8-14-20-17)13-11-15-9-5-4-6-10-15/h4-6,9-11,13H,1-3,7-8,12,14H2,(H,18,19). The van der Waals surface area contributed by atoms with Gasteiger partial charge in [0.2, 0.25) is 0 Å². The first-order valence-corrected chi connectivity index (χ1v) is 8.33. The Bertz CT molecular complexity index is 443. The Labute approximate surface area is 125 Å². The number of hydrogen-bond donors (Lipinski definition) is 1. The molecular weight excluding hydrogens is 268 g/mol. The molecule has 20 heavy (non-hydrogen) atoms. The lowest BCUT2D eigenvalue weighted by atomic mass is 9.98. The fourth-order valence-electron chi connectivity index (χ4n) is 2.51. The molecule has 0 amide bonds. The second kappa shape index (κ2) is 7.53. The highest BCUT2D eigenvalue weighted by Gasteiger charge is 2.36. The summed E-state index contributed by atoms with van der Waals surface area (Å²) in [5.74, 6) is 0.238. The van der Waals surface area contributed by atoms with Crippen LogP contribution in [0.15, 0.2) is 36.4 Å². The molecule has 1 aromatic carbocycles. The van der Waals surface area contributed by atoms with E-state index in [-0.39, 0.29) is 0 Å². The van der Waals surface area contributed by atoms with Crippen molar-refractivity contribution in [2.24, 2.45) is 0 Å². The number of carboxylic acid groups (broad SMARTS) is 1. The normalized spacial score (nSPS) is 24.8. The average Bonchev–Trinajstić information content (AvgIpc) is 2.59. The lowest BCUT2D eigenvalue weighted by Gasteiger charge is -2.25. The van der Waals surface area contributed by atoms with Crippen LogP contribution in [-0.4, -0.2) is 21.6 Å². The van der Waals surface area contributed by atoms with Crippen LogP contribution in [0, 0.1) is 0 Å². The third-order valence-electron chi connectivity index (χ3n) is 3.76. The third kappa shape index (κ3) is 4.14. The molecule has 0 bridgehead atoms. The topological polar surface area (TPSA) is 37.3 Å². The van der Waals surface area contributed by atoms with Crippen LogP contribution in [0.2, 0.25) is 0 Å². The molecule has 1 fully saturated rings. The molecule has 1 heterocycles. The van der Waals surface area contributed by atoms with Gasteiger partial charge in [0.15, 0.2) is 0 Å². The molecule has 0 saturated carbocycles. The van der Waals surface area contributed by atoms with Gasteiger partial charge in [0.1, 0.15) is 4.75 Å². The molecule has 1 aliphatic rings. The Balaban J connectivity index is 2.18. The predicted molar refractivity (Wildman–Crippen MR) is 86.0 cm³/mol. The number of aliphatic carboxylic acids is 1. The molecule has 1 aliphatic heterocycles. The van der Waals surface area contributed by atoms with E-state index in [1.807, 2.05) is 42.5 Å². The summed E-state index contributed by atoms with van der Waals surface area (Å²) in [7, 11) is 0. The molecule has 0 spiro atoms. The van der Waals surface area contributed by atoms with Gasteiger partial charge >= 0.3 is 5.97 Å². The van der Waals surface area contributed by atoms with Gasteiger partial charge in [-0.3, -0.25) is 4.79 Å². The van der Waals surface area contributed by atoms with E-state index in [4.69, 9.17) is 0 Å². The maximum atomic E-state index is 11.8. The lowest BCUT2D eigenvalue weighted by molar-refractivity contribution is -0.138. The summed E-state index contributed by atoms with van der Waals surface area (Å²) in [6.45, 7) is 0. The summed E-state index contributed by atoms with van der Waals surface area (Å²) in [4.78, 5) is 11.8. The van der Waals surface area contributed by atoms with Gasteiger partial charge in [-0.1, -0.05) is 68.2 Å². The molecule has 1 saturated heterocycles. The van der Waals surface area contributed by atoms with Gasteiger partial charge in [-0.05, 0) is 24.2 Å². The summed E-state index contributed by atoms with van der Waals surface area (Å²) < 4.78 is -0.750. The van der Waals surface area contributed by atoms with Gasteiger partial charge in [-0.25, -0.2) is 0 Å². The first-order chi connectivity index (χ1) is 9.73. The van der Waals surface area contributed by atoms with E-state index in [0.29, 0.717) is 0 Å². The van der Waals surface area contributed by atoms with Crippen molar-refractivity contribution >= 4 is 23.8 Å². The summed E-state index contributed by atoms with van der Waals surface area (Å²) >= 11 is 1.60. The largest absolute Gasteiger partial charge is 0.480 e. The maximum Gasteiger partial charge on any atom is 0.323 e. The van der Waals surface area contributed by atoms with Crippen LogP contribution in [-0.2, 0) is 4.79 Å². The van der Waals surface area contributed by atoms with Crippen LogP contribution < -0.4 is 0 Å². The summed E-state index contributed by atoms with van der Waals surface area (Å²) in [5, 5.41) is 9.70. The SMILES string of the molecule is O=C(O)C1(C=Cc2ccccc2)CCCCCCCS1. The van der Waals surface area contributed by atoms with Crippen LogP contribution >= 0.6 is 11.8 Å². The van der Waals surface area contributed by atoms with Crippen molar-refractivity contribution in [1.82, 2.24) is 0 Å². The molecular formula is C17H22O2S. The highest BCUT2D eigenvalue weighted by Crippen LogP contribution is 2.36. The number of carboxylic acids is 1. The van der Waals surface area contributed by atoms with E-state index in [9.17, 15) is 9.90 Å². The first-order valence-electron chi connectivity index (χ1n) is 7.35. The smallest absolute Gasteiger partial charge is 0.323 e. The number of hydrogen-bond acceptors (Lipinski definition) is 2. The van der Waals surface area contributed by atoms with Gasteiger partial charge in [0, 0.05) is 0 Å². The number of rotatable bonds is 3. The Kier molecular flexibility index (Phi) is 5.72. The fraction of sp³-hybridized carbons (Fsp3) is 0.471. The van der Waals surface area contributed by atoms with Gasteiger partial charge in [-0.2, -0.15) is 0 Å².